The van der Waals surface area contributed by atoms with Gasteiger partial charge >= 0.3 is 5.97 Å². The number of carbonyl (C=O) groups is 1. The number of carboxylic acid groups (broad SMARTS) is 1. The second kappa shape index (κ2) is 4.35. The molecule has 0 aliphatic rings. The number of benzene rings is 1. The van der Waals surface area contributed by atoms with Crippen LogP contribution < -0.4 is 5.73 Å². The second-order valence-electron chi connectivity index (χ2n) is 3.34. The summed E-state index contributed by atoms with van der Waals surface area (Å²) in [6, 6.07) is 5.32. The lowest BCUT2D eigenvalue weighted by Gasteiger charge is -2.25. The summed E-state index contributed by atoms with van der Waals surface area (Å²) in [6.07, 6.45) is -0.648. The molecule has 1 aromatic carbocycles. The molecule has 5 heteroatoms. The van der Waals surface area contributed by atoms with E-state index in [9.17, 15) is 13.6 Å². The zero-order valence-electron chi connectivity index (χ0n) is 7.91. The summed E-state index contributed by atoms with van der Waals surface area (Å²) in [5.41, 5.74) is 3.61. The smallest absolute Gasteiger partial charge is 0.305 e. The van der Waals surface area contributed by atoms with Gasteiger partial charge in [0.25, 0.3) is 0 Å². The summed E-state index contributed by atoms with van der Waals surface area (Å²) in [6.45, 7) is -1.12. The van der Waals surface area contributed by atoms with Crippen LogP contribution in [-0.2, 0) is 10.3 Å². The first kappa shape index (κ1) is 11.6. The topological polar surface area (TPSA) is 63.3 Å². The van der Waals surface area contributed by atoms with Crippen LogP contribution in [0.4, 0.5) is 8.78 Å². The van der Waals surface area contributed by atoms with E-state index in [2.05, 4.69) is 0 Å². The van der Waals surface area contributed by atoms with Gasteiger partial charge in [0.1, 0.15) is 12.5 Å². The SMILES string of the molecule is NC(CF)(CC(=O)O)c1ccccc1F. The van der Waals surface area contributed by atoms with Crippen LogP contribution in [0.3, 0.4) is 0 Å². The molecular weight excluding hydrogens is 204 g/mol. The van der Waals surface area contributed by atoms with Crippen LogP contribution in [0.1, 0.15) is 12.0 Å². The van der Waals surface area contributed by atoms with Gasteiger partial charge in [0, 0.05) is 5.56 Å². The van der Waals surface area contributed by atoms with Crippen LogP contribution in [0.5, 0.6) is 0 Å². The lowest BCUT2D eigenvalue weighted by Crippen LogP contribution is -2.42. The zero-order chi connectivity index (χ0) is 11.5. The first-order valence-corrected chi connectivity index (χ1v) is 4.31. The number of rotatable bonds is 4. The fourth-order valence-electron chi connectivity index (χ4n) is 1.35. The highest BCUT2D eigenvalue weighted by molar-refractivity contribution is 5.69. The number of aliphatic carboxylic acids is 1. The van der Waals surface area contributed by atoms with E-state index in [1.807, 2.05) is 0 Å². The van der Waals surface area contributed by atoms with Crippen LogP contribution in [0.25, 0.3) is 0 Å². The van der Waals surface area contributed by atoms with Crippen LogP contribution in [0.2, 0.25) is 0 Å². The van der Waals surface area contributed by atoms with E-state index in [0.717, 1.165) is 6.07 Å². The van der Waals surface area contributed by atoms with E-state index in [0.29, 0.717) is 0 Å². The first-order chi connectivity index (χ1) is 6.99. The van der Waals surface area contributed by atoms with Gasteiger partial charge in [0.05, 0.1) is 12.0 Å². The Labute approximate surface area is 85.5 Å². The Bertz CT molecular complexity index is 370. The fourth-order valence-corrected chi connectivity index (χ4v) is 1.35. The van der Waals surface area contributed by atoms with Crippen molar-refractivity contribution in [2.45, 2.75) is 12.0 Å². The Morgan fingerprint density at radius 3 is 2.53 bits per heavy atom. The lowest BCUT2D eigenvalue weighted by atomic mass is 9.88. The molecule has 0 fully saturated rings. The minimum Gasteiger partial charge on any atom is -0.481 e. The molecule has 0 bridgehead atoms. The third-order valence-electron chi connectivity index (χ3n) is 2.12. The molecule has 1 rings (SSSR count). The molecule has 0 spiro atoms. The van der Waals surface area contributed by atoms with Crippen molar-refractivity contribution in [2.24, 2.45) is 5.73 Å². The molecule has 82 valence electrons. The Morgan fingerprint density at radius 2 is 2.07 bits per heavy atom. The summed E-state index contributed by atoms with van der Waals surface area (Å²) in [5, 5.41) is 8.56. The molecule has 0 heterocycles. The molecule has 0 aliphatic heterocycles. The van der Waals surface area contributed by atoms with E-state index in [1.165, 1.54) is 18.2 Å². The van der Waals surface area contributed by atoms with Crippen molar-refractivity contribution in [3.05, 3.63) is 35.6 Å². The molecule has 1 aromatic rings. The summed E-state index contributed by atoms with van der Waals surface area (Å²) in [4.78, 5) is 10.5. The molecule has 1 atom stereocenters. The second-order valence-corrected chi connectivity index (χ2v) is 3.34. The minimum atomic E-state index is -1.79. The standard InChI is InChI=1S/C10H11F2NO2/c11-6-10(13,5-9(14)15)7-3-1-2-4-8(7)12/h1-4H,5-6,13H2,(H,14,15). The molecule has 0 saturated carbocycles. The Hall–Kier alpha value is -1.49. The number of hydrogen-bond donors (Lipinski definition) is 2. The number of alkyl halides is 1. The van der Waals surface area contributed by atoms with Crippen LogP contribution >= 0.6 is 0 Å². The molecule has 0 aromatic heterocycles. The normalized spacial score (nSPS) is 14.6. The monoisotopic (exact) mass is 215 g/mol. The summed E-state index contributed by atoms with van der Waals surface area (Å²) >= 11 is 0. The van der Waals surface area contributed by atoms with Crippen molar-refractivity contribution in [2.75, 3.05) is 6.67 Å². The van der Waals surface area contributed by atoms with E-state index < -0.39 is 30.4 Å². The molecular formula is C10H11F2NO2. The third kappa shape index (κ3) is 2.50. The summed E-state index contributed by atoms with van der Waals surface area (Å²) in [5.74, 6) is -1.96. The van der Waals surface area contributed by atoms with Gasteiger partial charge in [-0.15, -0.1) is 0 Å². The van der Waals surface area contributed by atoms with Crippen molar-refractivity contribution >= 4 is 5.97 Å². The van der Waals surface area contributed by atoms with Crippen LogP contribution in [0, 0.1) is 5.82 Å². The Balaban J connectivity index is 3.11. The van der Waals surface area contributed by atoms with Gasteiger partial charge in [-0.2, -0.15) is 0 Å². The average molecular weight is 215 g/mol. The van der Waals surface area contributed by atoms with Gasteiger partial charge in [-0.05, 0) is 6.07 Å². The third-order valence-corrected chi connectivity index (χ3v) is 2.12. The van der Waals surface area contributed by atoms with E-state index in [-0.39, 0.29) is 5.56 Å². The van der Waals surface area contributed by atoms with Crippen LogP contribution in [0.15, 0.2) is 24.3 Å². The van der Waals surface area contributed by atoms with Gasteiger partial charge < -0.3 is 10.8 Å². The molecule has 0 aliphatic carbocycles. The van der Waals surface area contributed by atoms with E-state index in [4.69, 9.17) is 10.8 Å². The van der Waals surface area contributed by atoms with Crippen molar-refractivity contribution < 1.29 is 18.7 Å². The van der Waals surface area contributed by atoms with E-state index >= 15 is 0 Å². The maximum absolute atomic E-state index is 13.3. The molecule has 3 nitrogen and oxygen atoms in total. The Morgan fingerprint density at radius 1 is 1.47 bits per heavy atom. The lowest BCUT2D eigenvalue weighted by molar-refractivity contribution is -0.138. The molecule has 1 unspecified atom stereocenters. The summed E-state index contributed by atoms with van der Waals surface area (Å²) in [7, 11) is 0. The first-order valence-electron chi connectivity index (χ1n) is 4.31. The predicted molar refractivity (Wildman–Crippen MR) is 50.5 cm³/mol. The molecule has 0 saturated heterocycles. The van der Waals surface area contributed by atoms with Gasteiger partial charge in [0.2, 0.25) is 0 Å². The molecule has 15 heavy (non-hydrogen) atoms. The summed E-state index contributed by atoms with van der Waals surface area (Å²) < 4.78 is 26.0. The highest BCUT2D eigenvalue weighted by atomic mass is 19.1. The highest BCUT2D eigenvalue weighted by Gasteiger charge is 2.32. The minimum absolute atomic E-state index is 0.116. The maximum Gasteiger partial charge on any atom is 0.305 e. The fraction of sp³-hybridized carbons (Fsp3) is 0.300. The largest absolute Gasteiger partial charge is 0.481 e. The van der Waals surface area contributed by atoms with Crippen molar-refractivity contribution in [3.63, 3.8) is 0 Å². The molecule has 0 amide bonds. The number of nitrogens with two attached hydrogens (primary N) is 1. The Kier molecular flexibility index (Phi) is 3.36. The quantitative estimate of drug-likeness (QED) is 0.798. The molecule has 3 N–H and O–H groups in total. The molecule has 0 radical (unpaired) electrons. The van der Waals surface area contributed by atoms with Crippen molar-refractivity contribution in [1.29, 1.82) is 0 Å². The zero-order valence-corrected chi connectivity index (χ0v) is 7.91. The predicted octanol–water partition coefficient (Wildman–Crippen LogP) is 1.42. The van der Waals surface area contributed by atoms with Gasteiger partial charge in [0.15, 0.2) is 0 Å². The highest BCUT2D eigenvalue weighted by Crippen LogP contribution is 2.25. The van der Waals surface area contributed by atoms with Crippen molar-refractivity contribution in [3.8, 4) is 0 Å². The van der Waals surface area contributed by atoms with Crippen LogP contribution in [-0.4, -0.2) is 17.8 Å². The van der Waals surface area contributed by atoms with Crippen molar-refractivity contribution in [1.82, 2.24) is 0 Å². The van der Waals surface area contributed by atoms with Gasteiger partial charge in [-0.1, -0.05) is 18.2 Å². The average Bonchev–Trinajstić information content (AvgIpc) is 2.17. The van der Waals surface area contributed by atoms with Gasteiger partial charge in [-0.3, -0.25) is 4.79 Å². The number of halogens is 2. The number of carboxylic acids is 1. The maximum atomic E-state index is 13.3. The number of hydrogen-bond acceptors (Lipinski definition) is 2. The van der Waals surface area contributed by atoms with E-state index in [1.54, 1.807) is 0 Å². The van der Waals surface area contributed by atoms with Gasteiger partial charge in [-0.25, -0.2) is 8.78 Å².